The van der Waals surface area contributed by atoms with Crippen LogP contribution in [0.5, 0.6) is 0 Å². The second-order valence-corrected chi connectivity index (χ2v) is 7.06. The van der Waals surface area contributed by atoms with E-state index in [1.165, 1.54) is 50.2 Å². The van der Waals surface area contributed by atoms with Crippen LogP contribution in [0.2, 0.25) is 0 Å². The van der Waals surface area contributed by atoms with Crippen molar-refractivity contribution >= 4 is 5.96 Å². The van der Waals surface area contributed by atoms with E-state index in [0.717, 1.165) is 30.7 Å². The number of piperidine rings is 1. The Hall–Kier alpha value is -1.56. The molecule has 0 aromatic carbocycles. The van der Waals surface area contributed by atoms with Crippen LogP contribution in [0, 0.1) is 19.8 Å². The summed E-state index contributed by atoms with van der Waals surface area (Å²) in [6.45, 7) is 14.8. The Morgan fingerprint density at radius 3 is 2.48 bits per heavy atom. The van der Waals surface area contributed by atoms with Crippen molar-refractivity contribution in [2.24, 2.45) is 18.0 Å². The van der Waals surface area contributed by atoms with Crippen molar-refractivity contribution in [1.82, 2.24) is 25.3 Å². The minimum Gasteiger partial charge on any atom is -0.357 e. The number of likely N-dealkylation sites (tertiary alicyclic amines) is 1. The SMILES string of the molecule is CCNC(=NCc1c(C)nn(C)c1C)NCCC1CCN(CC)CC1. The maximum Gasteiger partial charge on any atom is 0.191 e. The van der Waals surface area contributed by atoms with E-state index >= 15 is 0 Å². The summed E-state index contributed by atoms with van der Waals surface area (Å²) in [5.41, 5.74) is 3.49. The Kier molecular flexibility index (Phi) is 7.75. The Labute approximate surface area is 153 Å². The van der Waals surface area contributed by atoms with Gasteiger partial charge in [0.1, 0.15) is 0 Å². The maximum atomic E-state index is 4.76. The quantitative estimate of drug-likeness (QED) is 0.586. The highest BCUT2D eigenvalue weighted by Crippen LogP contribution is 2.19. The van der Waals surface area contributed by atoms with Gasteiger partial charge in [0.2, 0.25) is 0 Å². The van der Waals surface area contributed by atoms with Crippen molar-refractivity contribution in [1.29, 1.82) is 0 Å². The van der Waals surface area contributed by atoms with Crippen LogP contribution in [-0.2, 0) is 13.6 Å². The summed E-state index contributed by atoms with van der Waals surface area (Å²) in [6, 6.07) is 0. The minimum absolute atomic E-state index is 0.676. The zero-order valence-electron chi connectivity index (χ0n) is 16.7. The van der Waals surface area contributed by atoms with Gasteiger partial charge in [0.25, 0.3) is 0 Å². The maximum absolute atomic E-state index is 4.76. The van der Waals surface area contributed by atoms with E-state index in [1.54, 1.807) is 0 Å². The van der Waals surface area contributed by atoms with Gasteiger partial charge in [-0.2, -0.15) is 5.10 Å². The zero-order valence-corrected chi connectivity index (χ0v) is 16.7. The Morgan fingerprint density at radius 1 is 1.20 bits per heavy atom. The monoisotopic (exact) mass is 348 g/mol. The number of nitrogens with zero attached hydrogens (tertiary/aromatic N) is 4. The second kappa shape index (κ2) is 9.80. The fraction of sp³-hybridized carbons (Fsp3) is 0.789. The highest BCUT2D eigenvalue weighted by Gasteiger charge is 2.17. The van der Waals surface area contributed by atoms with Crippen LogP contribution in [0.1, 0.15) is 50.1 Å². The Bertz CT molecular complexity index is 555. The number of hydrogen-bond acceptors (Lipinski definition) is 3. The van der Waals surface area contributed by atoms with Crippen LogP contribution >= 0.6 is 0 Å². The normalized spacial score (nSPS) is 17.1. The van der Waals surface area contributed by atoms with E-state index in [2.05, 4.69) is 48.3 Å². The summed E-state index contributed by atoms with van der Waals surface area (Å²) >= 11 is 0. The van der Waals surface area contributed by atoms with Gasteiger partial charge in [-0.25, -0.2) is 4.99 Å². The molecule has 0 unspecified atom stereocenters. The van der Waals surface area contributed by atoms with Crippen molar-refractivity contribution in [2.45, 2.75) is 53.5 Å². The molecule has 6 heteroatoms. The van der Waals surface area contributed by atoms with Gasteiger partial charge < -0.3 is 15.5 Å². The molecular formula is C19H36N6. The molecule has 1 aliphatic rings. The average Bonchev–Trinajstić information content (AvgIpc) is 2.85. The van der Waals surface area contributed by atoms with Crippen molar-refractivity contribution < 1.29 is 0 Å². The molecule has 1 aromatic heterocycles. The molecule has 0 aliphatic carbocycles. The molecule has 2 N–H and O–H groups in total. The molecule has 2 rings (SSSR count). The number of hydrogen-bond donors (Lipinski definition) is 2. The summed E-state index contributed by atoms with van der Waals surface area (Å²) in [4.78, 5) is 7.31. The first kappa shape index (κ1) is 19.8. The largest absolute Gasteiger partial charge is 0.357 e. The summed E-state index contributed by atoms with van der Waals surface area (Å²) in [6.07, 6.45) is 3.89. The lowest BCUT2D eigenvalue weighted by Gasteiger charge is -2.31. The number of rotatable bonds is 7. The van der Waals surface area contributed by atoms with Gasteiger partial charge in [-0.1, -0.05) is 6.92 Å². The number of nitrogens with one attached hydrogen (secondary N) is 2. The van der Waals surface area contributed by atoms with E-state index in [-0.39, 0.29) is 0 Å². The zero-order chi connectivity index (χ0) is 18.2. The van der Waals surface area contributed by atoms with Gasteiger partial charge in [0.05, 0.1) is 12.2 Å². The lowest BCUT2D eigenvalue weighted by Crippen LogP contribution is -2.39. The summed E-state index contributed by atoms with van der Waals surface area (Å²) in [5, 5.41) is 11.3. The fourth-order valence-electron chi connectivity index (χ4n) is 3.53. The van der Waals surface area contributed by atoms with Crippen molar-refractivity contribution in [3.05, 3.63) is 17.0 Å². The molecule has 0 spiro atoms. The fourth-order valence-corrected chi connectivity index (χ4v) is 3.53. The number of aryl methyl sites for hydroxylation is 2. The number of aliphatic imine (C=N–C) groups is 1. The van der Waals surface area contributed by atoms with Crippen LogP contribution < -0.4 is 10.6 Å². The van der Waals surface area contributed by atoms with Crippen molar-refractivity contribution in [3.63, 3.8) is 0 Å². The first-order chi connectivity index (χ1) is 12.0. The third kappa shape index (κ3) is 5.73. The van der Waals surface area contributed by atoms with Crippen LogP contribution in [0.25, 0.3) is 0 Å². The molecule has 1 aliphatic heterocycles. The predicted molar refractivity (Wildman–Crippen MR) is 105 cm³/mol. The molecule has 1 saturated heterocycles. The number of guanidine groups is 1. The lowest BCUT2D eigenvalue weighted by molar-refractivity contribution is 0.187. The topological polar surface area (TPSA) is 57.5 Å². The van der Waals surface area contributed by atoms with Crippen molar-refractivity contribution in [2.75, 3.05) is 32.7 Å². The molecule has 1 aromatic rings. The molecule has 0 amide bonds. The van der Waals surface area contributed by atoms with Crippen LogP contribution in [0.3, 0.4) is 0 Å². The summed E-state index contributed by atoms with van der Waals surface area (Å²) in [5.74, 6) is 1.76. The van der Waals surface area contributed by atoms with E-state index in [0.29, 0.717) is 6.54 Å². The average molecular weight is 349 g/mol. The lowest BCUT2D eigenvalue weighted by atomic mass is 9.93. The molecule has 25 heavy (non-hydrogen) atoms. The van der Waals surface area contributed by atoms with Gasteiger partial charge >= 0.3 is 0 Å². The number of aromatic nitrogens is 2. The van der Waals surface area contributed by atoms with Crippen molar-refractivity contribution in [3.8, 4) is 0 Å². The standard InChI is InChI=1S/C19H36N6/c1-6-20-19(22-14-18-15(3)23-24(5)16(18)4)21-11-8-17-9-12-25(7-2)13-10-17/h17H,6-14H2,1-5H3,(H2,20,21,22). The molecule has 0 atom stereocenters. The third-order valence-electron chi connectivity index (χ3n) is 5.40. The first-order valence-corrected chi connectivity index (χ1v) is 9.78. The molecule has 2 heterocycles. The molecule has 0 bridgehead atoms. The molecular weight excluding hydrogens is 312 g/mol. The molecule has 0 saturated carbocycles. The minimum atomic E-state index is 0.676. The second-order valence-electron chi connectivity index (χ2n) is 7.06. The third-order valence-corrected chi connectivity index (χ3v) is 5.40. The molecule has 0 radical (unpaired) electrons. The van der Waals surface area contributed by atoms with E-state index in [4.69, 9.17) is 4.99 Å². The van der Waals surface area contributed by atoms with E-state index in [1.807, 2.05) is 11.7 Å². The summed E-state index contributed by atoms with van der Waals surface area (Å²) < 4.78 is 1.93. The van der Waals surface area contributed by atoms with Gasteiger partial charge in [-0.05, 0) is 65.6 Å². The first-order valence-electron chi connectivity index (χ1n) is 9.78. The Balaban J connectivity index is 1.82. The van der Waals surface area contributed by atoms with Crippen LogP contribution in [0.15, 0.2) is 4.99 Å². The molecule has 6 nitrogen and oxygen atoms in total. The molecule has 1 fully saturated rings. The summed E-state index contributed by atoms with van der Waals surface area (Å²) in [7, 11) is 1.99. The molecule has 142 valence electrons. The van der Waals surface area contributed by atoms with Gasteiger partial charge in [-0.3, -0.25) is 4.68 Å². The smallest absolute Gasteiger partial charge is 0.191 e. The Morgan fingerprint density at radius 2 is 1.92 bits per heavy atom. The van der Waals surface area contributed by atoms with Gasteiger partial charge in [-0.15, -0.1) is 0 Å². The van der Waals surface area contributed by atoms with Crippen LogP contribution in [0.4, 0.5) is 0 Å². The van der Waals surface area contributed by atoms with Gasteiger partial charge in [0, 0.05) is 31.4 Å². The van der Waals surface area contributed by atoms with E-state index in [9.17, 15) is 0 Å². The van der Waals surface area contributed by atoms with Gasteiger partial charge in [0.15, 0.2) is 5.96 Å². The highest BCUT2D eigenvalue weighted by molar-refractivity contribution is 5.79. The highest BCUT2D eigenvalue weighted by atomic mass is 15.3. The predicted octanol–water partition coefficient (Wildman–Crippen LogP) is 2.21. The van der Waals surface area contributed by atoms with Crippen LogP contribution in [-0.4, -0.2) is 53.4 Å². The van der Waals surface area contributed by atoms with E-state index < -0.39 is 0 Å².